The molecule has 0 bridgehead atoms. The number of hydrogen-bond acceptors (Lipinski definition) is 6. The van der Waals surface area contributed by atoms with Crippen molar-refractivity contribution in [2.24, 2.45) is 5.41 Å². The van der Waals surface area contributed by atoms with Crippen LogP contribution >= 0.6 is 0 Å². The van der Waals surface area contributed by atoms with Crippen molar-refractivity contribution in [1.82, 2.24) is 19.7 Å². The topological polar surface area (TPSA) is 67.2 Å². The highest BCUT2D eigenvalue weighted by Gasteiger charge is 2.36. The molecule has 1 aliphatic rings. The Morgan fingerprint density at radius 1 is 1.21 bits per heavy atom. The first-order valence-corrected chi connectivity index (χ1v) is 10.6. The SMILES string of the molecule is CN(CC1(CC=O)CCN(c2cnc3cnn(CC(F)F)c3n2)CC1)c1ccc(F)cc1F. The van der Waals surface area contributed by atoms with Crippen molar-refractivity contribution in [2.45, 2.75) is 32.2 Å². The van der Waals surface area contributed by atoms with Gasteiger partial charge in [0.25, 0.3) is 6.43 Å². The van der Waals surface area contributed by atoms with Gasteiger partial charge in [-0.3, -0.25) is 0 Å². The Hall–Kier alpha value is -3.24. The first kappa shape index (κ1) is 22.9. The molecule has 0 radical (unpaired) electrons. The van der Waals surface area contributed by atoms with Gasteiger partial charge in [0, 0.05) is 39.2 Å². The van der Waals surface area contributed by atoms with E-state index in [1.54, 1.807) is 18.1 Å². The predicted molar refractivity (Wildman–Crippen MR) is 116 cm³/mol. The Morgan fingerprint density at radius 3 is 2.64 bits per heavy atom. The van der Waals surface area contributed by atoms with E-state index in [1.165, 1.54) is 18.3 Å². The first-order valence-electron chi connectivity index (χ1n) is 10.6. The molecule has 3 heterocycles. The number of halogens is 4. The molecule has 1 saturated heterocycles. The zero-order valence-electron chi connectivity index (χ0n) is 18.1. The van der Waals surface area contributed by atoms with Crippen LogP contribution in [0.1, 0.15) is 19.3 Å². The van der Waals surface area contributed by atoms with Gasteiger partial charge in [0.05, 0.1) is 18.1 Å². The van der Waals surface area contributed by atoms with Crippen LogP contribution in [0.2, 0.25) is 0 Å². The summed E-state index contributed by atoms with van der Waals surface area (Å²) in [6.45, 7) is 0.998. The average molecular weight is 464 g/mol. The maximum absolute atomic E-state index is 14.2. The van der Waals surface area contributed by atoms with Crippen LogP contribution in [0, 0.1) is 17.0 Å². The molecule has 176 valence electrons. The molecule has 0 aliphatic carbocycles. The van der Waals surface area contributed by atoms with E-state index in [0.29, 0.717) is 55.9 Å². The van der Waals surface area contributed by atoms with Crippen molar-refractivity contribution in [3.05, 3.63) is 42.2 Å². The van der Waals surface area contributed by atoms with Crippen molar-refractivity contribution < 1.29 is 22.4 Å². The molecule has 0 spiro atoms. The fourth-order valence-electron chi connectivity index (χ4n) is 4.45. The second-order valence-corrected chi connectivity index (χ2v) is 8.46. The normalized spacial score (nSPS) is 15.9. The first-order chi connectivity index (χ1) is 15.8. The number of aldehydes is 1. The van der Waals surface area contributed by atoms with Crippen molar-refractivity contribution >= 4 is 29.0 Å². The molecular weight excluding hydrogens is 440 g/mol. The van der Waals surface area contributed by atoms with Crippen molar-refractivity contribution in [1.29, 1.82) is 0 Å². The maximum atomic E-state index is 14.2. The van der Waals surface area contributed by atoms with Crippen LogP contribution in [0.25, 0.3) is 11.2 Å². The number of anilines is 2. The number of alkyl halides is 2. The lowest BCUT2D eigenvalue weighted by Crippen LogP contribution is -2.46. The summed E-state index contributed by atoms with van der Waals surface area (Å²) in [4.78, 5) is 23.9. The molecule has 0 N–H and O–H groups in total. The molecule has 3 aromatic rings. The third-order valence-electron chi connectivity index (χ3n) is 6.20. The lowest BCUT2D eigenvalue weighted by atomic mass is 9.75. The summed E-state index contributed by atoms with van der Waals surface area (Å²) in [5.41, 5.74) is 0.620. The fourth-order valence-corrected chi connectivity index (χ4v) is 4.45. The Labute approximate surface area is 188 Å². The monoisotopic (exact) mass is 464 g/mol. The molecule has 1 aliphatic heterocycles. The standard InChI is InChI=1S/C22H24F4N6O/c1-30(18-3-2-15(23)10-16(18)24)14-22(6-9-33)4-7-31(8-5-22)20-12-27-17-11-28-32(13-19(25)26)21(17)29-20/h2-3,9-12,19H,4-8,13-14H2,1H3. The zero-order chi connectivity index (χ0) is 23.6. The van der Waals surface area contributed by atoms with Gasteiger partial charge in [-0.15, -0.1) is 0 Å². The average Bonchev–Trinajstić information content (AvgIpc) is 3.15. The molecule has 11 heteroatoms. The van der Waals surface area contributed by atoms with Crippen LogP contribution in [-0.4, -0.2) is 59.1 Å². The number of nitrogens with zero attached hydrogens (tertiary/aromatic N) is 6. The smallest absolute Gasteiger partial charge is 0.258 e. The lowest BCUT2D eigenvalue weighted by Gasteiger charge is -2.43. The molecule has 0 saturated carbocycles. The number of benzene rings is 1. The van der Waals surface area contributed by atoms with Gasteiger partial charge in [-0.05, 0) is 30.4 Å². The molecule has 7 nitrogen and oxygen atoms in total. The minimum atomic E-state index is -2.56. The van der Waals surface area contributed by atoms with E-state index in [-0.39, 0.29) is 11.1 Å². The van der Waals surface area contributed by atoms with Gasteiger partial charge in [-0.1, -0.05) is 0 Å². The van der Waals surface area contributed by atoms with Gasteiger partial charge in [-0.25, -0.2) is 32.2 Å². The van der Waals surface area contributed by atoms with Crippen molar-refractivity contribution in [3.63, 3.8) is 0 Å². The van der Waals surface area contributed by atoms with E-state index >= 15 is 0 Å². The number of fused-ring (bicyclic) bond motifs is 1. The molecule has 4 rings (SSSR count). The summed E-state index contributed by atoms with van der Waals surface area (Å²) in [7, 11) is 1.72. The third-order valence-corrected chi connectivity index (χ3v) is 6.20. The summed E-state index contributed by atoms with van der Waals surface area (Å²) in [6, 6.07) is 3.44. The lowest BCUT2D eigenvalue weighted by molar-refractivity contribution is -0.110. The Morgan fingerprint density at radius 2 is 1.97 bits per heavy atom. The summed E-state index contributed by atoms with van der Waals surface area (Å²) < 4.78 is 54.3. The van der Waals surface area contributed by atoms with Crippen molar-refractivity contribution in [3.8, 4) is 0 Å². The summed E-state index contributed by atoms with van der Waals surface area (Å²) >= 11 is 0. The van der Waals surface area contributed by atoms with Crippen LogP contribution in [0.15, 0.2) is 30.6 Å². The van der Waals surface area contributed by atoms with E-state index in [9.17, 15) is 22.4 Å². The number of rotatable bonds is 8. The molecule has 1 fully saturated rings. The molecule has 0 atom stereocenters. The van der Waals surface area contributed by atoms with Crippen LogP contribution in [0.4, 0.5) is 29.1 Å². The van der Waals surface area contributed by atoms with E-state index in [1.807, 2.05) is 4.90 Å². The van der Waals surface area contributed by atoms with Crippen molar-refractivity contribution in [2.75, 3.05) is 36.5 Å². The Bertz CT molecular complexity index is 1130. The van der Waals surface area contributed by atoms with Gasteiger partial charge in [0.1, 0.15) is 35.8 Å². The molecule has 0 unspecified atom stereocenters. The van der Waals surface area contributed by atoms with E-state index in [2.05, 4.69) is 15.1 Å². The number of aromatic nitrogens is 4. The molecule has 1 aromatic carbocycles. The van der Waals surface area contributed by atoms with Gasteiger partial charge in [0.15, 0.2) is 5.65 Å². The Kier molecular flexibility index (Phi) is 6.48. The number of hydrogen-bond donors (Lipinski definition) is 0. The van der Waals surface area contributed by atoms with Crippen LogP contribution < -0.4 is 9.80 Å². The quantitative estimate of drug-likeness (QED) is 0.374. The molecule has 2 aromatic heterocycles. The van der Waals surface area contributed by atoms with Gasteiger partial charge < -0.3 is 14.6 Å². The summed E-state index contributed by atoms with van der Waals surface area (Å²) in [5.74, 6) is -0.745. The van der Waals surface area contributed by atoms with E-state index < -0.39 is 24.6 Å². The number of carbonyl (C=O) groups is 1. The van der Waals surface area contributed by atoms with Gasteiger partial charge >= 0.3 is 0 Å². The molecular formula is C22H24F4N6O. The zero-order valence-corrected chi connectivity index (χ0v) is 18.1. The van der Waals surface area contributed by atoms with E-state index in [4.69, 9.17) is 0 Å². The third kappa shape index (κ3) is 4.91. The minimum Gasteiger partial charge on any atom is -0.372 e. The number of carbonyl (C=O) groups excluding carboxylic acids is 1. The summed E-state index contributed by atoms with van der Waals surface area (Å²) in [5, 5.41) is 3.94. The minimum absolute atomic E-state index is 0.271. The van der Waals surface area contributed by atoms with Crippen LogP contribution in [0.3, 0.4) is 0 Å². The van der Waals surface area contributed by atoms with E-state index in [0.717, 1.165) is 17.0 Å². The maximum Gasteiger partial charge on any atom is 0.258 e. The highest BCUT2D eigenvalue weighted by Crippen LogP contribution is 2.37. The predicted octanol–water partition coefficient (Wildman–Crippen LogP) is 3.68. The van der Waals surface area contributed by atoms with Crippen LogP contribution in [0.5, 0.6) is 0 Å². The number of piperidine rings is 1. The highest BCUT2D eigenvalue weighted by atomic mass is 19.3. The molecule has 33 heavy (non-hydrogen) atoms. The second kappa shape index (κ2) is 9.32. The molecule has 0 amide bonds. The van der Waals surface area contributed by atoms with Gasteiger partial charge in [-0.2, -0.15) is 5.10 Å². The summed E-state index contributed by atoms with van der Waals surface area (Å²) in [6.07, 6.45) is 2.89. The van der Waals surface area contributed by atoms with Gasteiger partial charge in [0.2, 0.25) is 0 Å². The highest BCUT2D eigenvalue weighted by molar-refractivity contribution is 5.71. The second-order valence-electron chi connectivity index (χ2n) is 8.46. The fraction of sp³-hybridized carbons (Fsp3) is 0.455. The largest absolute Gasteiger partial charge is 0.372 e. The Balaban J connectivity index is 1.49. The van der Waals surface area contributed by atoms with Crippen LogP contribution in [-0.2, 0) is 11.3 Å².